The Hall–Kier alpha value is -2.24. The Morgan fingerprint density at radius 3 is 2.75 bits per heavy atom. The van der Waals surface area contributed by atoms with Crippen LogP contribution < -0.4 is 0 Å². The molecule has 1 aromatic rings. The number of rotatable bonds is 8. The quantitative estimate of drug-likeness (QED) is 0.357. The number of carbonyl (C=O) groups excluding carboxylic acids is 2. The minimum absolute atomic E-state index is 0.167. The van der Waals surface area contributed by atoms with Crippen LogP contribution >= 0.6 is 0 Å². The van der Waals surface area contributed by atoms with Crippen molar-refractivity contribution < 1.29 is 27.8 Å². The van der Waals surface area contributed by atoms with E-state index in [1.807, 2.05) is 6.92 Å². The molecule has 1 saturated carbocycles. The van der Waals surface area contributed by atoms with Crippen LogP contribution in [0.1, 0.15) is 55.8 Å². The Morgan fingerprint density at radius 1 is 1.29 bits per heavy atom. The number of carbonyl (C=O) groups is 2. The second-order valence-electron chi connectivity index (χ2n) is 7.60. The molecule has 0 spiro atoms. The first kappa shape index (κ1) is 20.5. The summed E-state index contributed by atoms with van der Waals surface area (Å²) in [6, 6.07) is 8.55. The number of fused-ring (bicyclic) bond motifs is 1. The van der Waals surface area contributed by atoms with Crippen molar-refractivity contribution >= 4 is 11.9 Å². The lowest BCUT2D eigenvalue weighted by Crippen LogP contribution is -2.25. The van der Waals surface area contributed by atoms with Crippen molar-refractivity contribution in [3.63, 3.8) is 0 Å². The summed E-state index contributed by atoms with van der Waals surface area (Å²) in [6.45, 7) is 1.97. The van der Waals surface area contributed by atoms with E-state index in [1.54, 1.807) is 30.3 Å². The predicted molar refractivity (Wildman–Crippen MR) is 100.0 cm³/mol. The maximum Gasteiger partial charge on any atom is 0.338 e. The average molecular weight is 392 g/mol. The normalized spacial score (nSPS) is 27.0. The van der Waals surface area contributed by atoms with E-state index in [4.69, 9.17) is 9.47 Å². The Morgan fingerprint density at radius 2 is 2.04 bits per heavy atom. The zero-order valence-corrected chi connectivity index (χ0v) is 16.0. The molecule has 0 aromatic heterocycles. The highest BCUT2D eigenvalue weighted by Gasteiger charge is 2.51. The number of halogens is 2. The number of unbranched alkanes of at least 4 members (excludes halogenated alkanes) is 2. The largest absolute Gasteiger partial charge is 0.462 e. The van der Waals surface area contributed by atoms with Crippen LogP contribution in [0.15, 0.2) is 42.5 Å². The number of esters is 2. The number of hydrogen-bond donors (Lipinski definition) is 0. The molecule has 2 aliphatic rings. The molecule has 0 radical (unpaired) electrons. The van der Waals surface area contributed by atoms with Crippen molar-refractivity contribution in [2.45, 2.75) is 63.6 Å². The van der Waals surface area contributed by atoms with Gasteiger partial charge in [-0.15, -0.1) is 0 Å². The van der Waals surface area contributed by atoms with E-state index in [-0.39, 0.29) is 30.8 Å². The molecular weight excluding hydrogens is 366 g/mol. The van der Waals surface area contributed by atoms with Crippen LogP contribution in [0.3, 0.4) is 0 Å². The molecule has 0 amide bonds. The van der Waals surface area contributed by atoms with Gasteiger partial charge in [-0.1, -0.05) is 44.0 Å². The number of allylic oxidation sites excluding steroid dienone is 1. The average Bonchev–Trinajstić information content (AvgIpc) is 3.16. The first-order valence-electron chi connectivity index (χ1n) is 9.92. The van der Waals surface area contributed by atoms with Crippen LogP contribution in [-0.2, 0) is 14.3 Å². The lowest BCUT2D eigenvalue weighted by molar-refractivity contribution is -0.141. The van der Waals surface area contributed by atoms with Gasteiger partial charge in [-0.2, -0.15) is 0 Å². The van der Waals surface area contributed by atoms with Gasteiger partial charge in [0.05, 0.1) is 12.0 Å². The van der Waals surface area contributed by atoms with Crippen LogP contribution in [-0.4, -0.2) is 30.1 Å². The van der Waals surface area contributed by atoms with Crippen LogP contribution in [0.2, 0.25) is 0 Å². The highest BCUT2D eigenvalue weighted by Crippen LogP contribution is 2.44. The fraction of sp³-hybridized carbons (Fsp3) is 0.545. The summed E-state index contributed by atoms with van der Waals surface area (Å²) >= 11 is 0. The Bertz CT molecular complexity index is 717. The SMILES string of the molecule is CCCCCC(F)(F)C=C[C@@H]1[C@H]2CC(=O)O[C@H]2C[C@H]1OC(=O)c1ccccc1. The van der Waals surface area contributed by atoms with Gasteiger partial charge in [0.2, 0.25) is 0 Å². The number of ether oxygens (including phenoxy) is 2. The van der Waals surface area contributed by atoms with Crippen LogP contribution in [0, 0.1) is 11.8 Å². The molecule has 1 heterocycles. The highest BCUT2D eigenvalue weighted by atomic mass is 19.3. The summed E-state index contributed by atoms with van der Waals surface area (Å²) in [5.74, 6) is -4.42. The molecule has 0 N–H and O–H groups in total. The van der Waals surface area contributed by atoms with Gasteiger partial charge in [-0.25, -0.2) is 13.6 Å². The van der Waals surface area contributed by atoms with Gasteiger partial charge in [-0.3, -0.25) is 4.79 Å². The van der Waals surface area contributed by atoms with E-state index < -0.39 is 23.9 Å². The van der Waals surface area contributed by atoms with Crippen molar-refractivity contribution in [2.24, 2.45) is 11.8 Å². The standard InChI is InChI=1S/C22H26F2O4/c1-2-3-7-11-22(23,24)12-10-16-17-13-20(25)27-19(17)14-18(16)28-21(26)15-8-5-4-6-9-15/h4-6,8-10,12,16-19H,2-3,7,11,13-14H2,1H3/t16-,17-,18-,19+/m1/s1. The van der Waals surface area contributed by atoms with E-state index in [0.29, 0.717) is 18.4 Å². The number of hydrogen-bond acceptors (Lipinski definition) is 4. The van der Waals surface area contributed by atoms with Gasteiger partial charge in [0, 0.05) is 24.7 Å². The van der Waals surface area contributed by atoms with E-state index >= 15 is 0 Å². The summed E-state index contributed by atoms with van der Waals surface area (Å²) in [4.78, 5) is 24.0. The zero-order valence-electron chi connectivity index (χ0n) is 16.0. The minimum atomic E-state index is -2.91. The fourth-order valence-electron chi connectivity index (χ4n) is 4.02. The highest BCUT2D eigenvalue weighted by molar-refractivity contribution is 5.89. The fourth-order valence-corrected chi connectivity index (χ4v) is 4.02. The lowest BCUT2D eigenvalue weighted by Gasteiger charge is -2.21. The number of benzene rings is 1. The summed E-state index contributed by atoms with van der Waals surface area (Å²) in [7, 11) is 0. The maximum absolute atomic E-state index is 14.2. The molecule has 4 atom stereocenters. The van der Waals surface area contributed by atoms with Crippen LogP contribution in [0.5, 0.6) is 0 Å². The molecule has 152 valence electrons. The molecule has 0 bridgehead atoms. The molecule has 1 aromatic carbocycles. The second-order valence-corrected chi connectivity index (χ2v) is 7.60. The van der Waals surface area contributed by atoms with E-state index in [9.17, 15) is 18.4 Å². The summed E-state index contributed by atoms with van der Waals surface area (Å²) in [5.41, 5.74) is 0.407. The minimum Gasteiger partial charge on any atom is -0.462 e. The van der Waals surface area contributed by atoms with Crippen LogP contribution in [0.25, 0.3) is 0 Å². The van der Waals surface area contributed by atoms with Gasteiger partial charge < -0.3 is 9.47 Å². The van der Waals surface area contributed by atoms with Crippen molar-refractivity contribution in [2.75, 3.05) is 0 Å². The van der Waals surface area contributed by atoms with Gasteiger partial charge >= 0.3 is 11.9 Å². The molecule has 4 nitrogen and oxygen atoms in total. The van der Waals surface area contributed by atoms with Gasteiger partial charge in [-0.05, 0) is 24.6 Å². The van der Waals surface area contributed by atoms with E-state index in [1.165, 1.54) is 6.08 Å². The molecular formula is C22H26F2O4. The van der Waals surface area contributed by atoms with Crippen molar-refractivity contribution in [1.29, 1.82) is 0 Å². The summed E-state index contributed by atoms with van der Waals surface area (Å²) < 4.78 is 39.3. The van der Waals surface area contributed by atoms with E-state index in [2.05, 4.69) is 0 Å². The predicted octanol–water partition coefficient (Wildman–Crippen LogP) is 4.94. The maximum atomic E-state index is 14.2. The van der Waals surface area contributed by atoms with Gasteiger partial charge in [0.1, 0.15) is 12.2 Å². The lowest BCUT2D eigenvalue weighted by atomic mass is 9.91. The molecule has 6 heteroatoms. The zero-order chi connectivity index (χ0) is 20.1. The third kappa shape index (κ3) is 4.97. The Balaban J connectivity index is 1.71. The second kappa shape index (κ2) is 8.84. The smallest absolute Gasteiger partial charge is 0.338 e. The first-order valence-corrected chi connectivity index (χ1v) is 9.92. The summed E-state index contributed by atoms with van der Waals surface area (Å²) in [5, 5.41) is 0. The monoisotopic (exact) mass is 392 g/mol. The number of alkyl halides is 2. The van der Waals surface area contributed by atoms with Crippen molar-refractivity contribution in [3.8, 4) is 0 Å². The molecule has 1 aliphatic carbocycles. The molecule has 3 rings (SSSR count). The topological polar surface area (TPSA) is 52.6 Å². The Kier molecular flexibility index (Phi) is 6.47. The third-order valence-electron chi connectivity index (χ3n) is 5.49. The van der Waals surface area contributed by atoms with E-state index in [0.717, 1.165) is 18.9 Å². The van der Waals surface area contributed by atoms with Gasteiger partial charge in [0.15, 0.2) is 0 Å². The third-order valence-corrected chi connectivity index (χ3v) is 5.49. The molecule has 2 fully saturated rings. The first-order chi connectivity index (χ1) is 13.4. The molecule has 0 unspecified atom stereocenters. The molecule has 1 saturated heterocycles. The summed E-state index contributed by atoms with van der Waals surface area (Å²) in [6.07, 6.45) is 3.78. The van der Waals surface area contributed by atoms with Gasteiger partial charge in [0.25, 0.3) is 5.92 Å². The molecule has 1 aliphatic heterocycles. The Labute approximate surface area is 163 Å². The van der Waals surface area contributed by atoms with Crippen molar-refractivity contribution in [1.82, 2.24) is 0 Å². The van der Waals surface area contributed by atoms with Crippen LogP contribution in [0.4, 0.5) is 8.78 Å². The molecule has 28 heavy (non-hydrogen) atoms. The van der Waals surface area contributed by atoms with Crippen molar-refractivity contribution in [3.05, 3.63) is 48.0 Å².